The predicted molar refractivity (Wildman–Crippen MR) is 111 cm³/mol. The van der Waals surface area contributed by atoms with Crippen molar-refractivity contribution in [2.45, 2.75) is 69.9 Å². The molecule has 1 unspecified atom stereocenters. The van der Waals surface area contributed by atoms with Gasteiger partial charge in [0.05, 0.1) is 4.90 Å². The number of benzene rings is 1. The Balaban J connectivity index is 0.00000364. The standard InChI is InChI=1S/C19H31N3O3S.ClH/c1-13(2)10-17(12-20)21-19(23)15-9-8-14(3)18(11-15)26(24,25)22-16-6-4-5-7-16;/h8-9,11,13,16-17,22H,4-7,10,12,20H2,1-3H3,(H,21,23);1H. The number of amides is 1. The molecule has 1 aromatic carbocycles. The molecule has 6 nitrogen and oxygen atoms in total. The van der Waals surface area contributed by atoms with Gasteiger partial charge in [0.15, 0.2) is 0 Å². The average Bonchev–Trinajstić information content (AvgIpc) is 3.06. The van der Waals surface area contributed by atoms with Crippen LogP contribution >= 0.6 is 12.4 Å². The van der Waals surface area contributed by atoms with Gasteiger partial charge in [0.2, 0.25) is 10.0 Å². The summed E-state index contributed by atoms with van der Waals surface area (Å²) in [4.78, 5) is 12.7. The Kier molecular flexibility index (Phi) is 9.21. The van der Waals surface area contributed by atoms with Gasteiger partial charge in [0.1, 0.15) is 0 Å². The molecule has 8 heteroatoms. The number of aryl methyl sites for hydroxylation is 1. The molecule has 0 aromatic heterocycles. The number of sulfonamides is 1. The zero-order valence-corrected chi connectivity index (χ0v) is 18.0. The molecule has 0 radical (unpaired) electrons. The molecular weight excluding hydrogens is 386 g/mol. The third-order valence-corrected chi connectivity index (χ3v) is 6.45. The van der Waals surface area contributed by atoms with Gasteiger partial charge in [-0.05, 0) is 49.8 Å². The average molecular weight is 418 g/mol. The van der Waals surface area contributed by atoms with Crippen molar-refractivity contribution in [3.05, 3.63) is 29.3 Å². The van der Waals surface area contributed by atoms with Crippen molar-refractivity contribution >= 4 is 28.3 Å². The number of hydrogen-bond donors (Lipinski definition) is 3. The molecule has 1 atom stereocenters. The maximum Gasteiger partial charge on any atom is 0.251 e. The van der Waals surface area contributed by atoms with Gasteiger partial charge in [-0.2, -0.15) is 0 Å². The molecule has 0 spiro atoms. The molecule has 4 N–H and O–H groups in total. The summed E-state index contributed by atoms with van der Waals surface area (Å²) in [5.74, 6) is 0.117. The third kappa shape index (κ3) is 6.75. The van der Waals surface area contributed by atoms with Crippen LogP contribution in [-0.4, -0.2) is 33.0 Å². The van der Waals surface area contributed by atoms with Gasteiger partial charge >= 0.3 is 0 Å². The molecule has 0 heterocycles. The number of nitrogens with one attached hydrogen (secondary N) is 2. The maximum atomic E-state index is 12.7. The smallest absolute Gasteiger partial charge is 0.251 e. The summed E-state index contributed by atoms with van der Waals surface area (Å²) in [6.07, 6.45) is 4.61. The van der Waals surface area contributed by atoms with Gasteiger partial charge in [-0.15, -0.1) is 12.4 Å². The predicted octanol–water partition coefficient (Wildman–Crippen LogP) is 2.74. The molecule has 1 saturated carbocycles. The molecular formula is C19H32ClN3O3S. The van der Waals surface area contributed by atoms with E-state index in [2.05, 4.69) is 23.9 Å². The monoisotopic (exact) mass is 417 g/mol. The van der Waals surface area contributed by atoms with Gasteiger partial charge in [-0.3, -0.25) is 4.79 Å². The summed E-state index contributed by atoms with van der Waals surface area (Å²) in [7, 11) is -3.64. The second-order valence-corrected chi connectivity index (χ2v) is 9.30. The normalized spacial score (nSPS) is 16.2. The van der Waals surface area contributed by atoms with Crippen molar-refractivity contribution in [2.75, 3.05) is 6.54 Å². The van der Waals surface area contributed by atoms with Gasteiger partial charge in [-0.1, -0.05) is 32.8 Å². The molecule has 2 rings (SSSR count). The van der Waals surface area contributed by atoms with Crippen molar-refractivity contribution in [1.29, 1.82) is 0 Å². The summed E-state index contributed by atoms with van der Waals surface area (Å²) in [6, 6.07) is 4.66. The minimum absolute atomic E-state index is 0. The second-order valence-electron chi connectivity index (χ2n) is 7.62. The van der Waals surface area contributed by atoms with Crippen molar-refractivity contribution in [1.82, 2.24) is 10.0 Å². The van der Waals surface area contributed by atoms with Crippen LogP contribution in [0.3, 0.4) is 0 Å². The van der Waals surface area contributed by atoms with E-state index in [9.17, 15) is 13.2 Å². The van der Waals surface area contributed by atoms with Crippen LogP contribution in [0.4, 0.5) is 0 Å². The zero-order chi connectivity index (χ0) is 19.3. The molecule has 0 saturated heterocycles. The molecule has 154 valence electrons. The van der Waals surface area contributed by atoms with Crippen LogP contribution in [0.5, 0.6) is 0 Å². The summed E-state index contributed by atoms with van der Waals surface area (Å²) in [6.45, 7) is 6.23. The second kappa shape index (κ2) is 10.4. The van der Waals surface area contributed by atoms with Crippen LogP contribution in [0.15, 0.2) is 23.1 Å². The largest absolute Gasteiger partial charge is 0.348 e. The van der Waals surface area contributed by atoms with Crippen LogP contribution in [0.1, 0.15) is 61.9 Å². The van der Waals surface area contributed by atoms with E-state index < -0.39 is 10.0 Å². The fraction of sp³-hybridized carbons (Fsp3) is 0.632. The molecule has 1 aliphatic rings. The first-order valence-electron chi connectivity index (χ1n) is 9.37. The number of carbonyl (C=O) groups is 1. The first-order valence-corrected chi connectivity index (χ1v) is 10.8. The fourth-order valence-corrected chi connectivity index (χ4v) is 4.98. The van der Waals surface area contributed by atoms with E-state index in [1.807, 2.05) is 0 Å². The number of halogens is 1. The number of hydrogen-bond acceptors (Lipinski definition) is 4. The topological polar surface area (TPSA) is 101 Å². The molecule has 27 heavy (non-hydrogen) atoms. The van der Waals surface area contributed by atoms with Crippen LogP contribution in [0.2, 0.25) is 0 Å². The number of carbonyl (C=O) groups excluding carboxylic acids is 1. The summed E-state index contributed by atoms with van der Waals surface area (Å²) in [5, 5.41) is 2.91. The van der Waals surface area contributed by atoms with Crippen LogP contribution in [0.25, 0.3) is 0 Å². The van der Waals surface area contributed by atoms with Gasteiger partial charge in [0.25, 0.3) is 5.91 Å². The lowest BCUT2D eigenvalue weighted by atomic mass is 10.0. The van der Waals surface area contributed by atoms with E-state index in [-0.39, 0.29) is 35.3 Å². The van der Waals surface area contributed by atoms with E-state index >= 15 is 0 Å². The highest BCUT2D eigenvalue weighted by atomic mass is 35.5. The van der Waals surface area contributed by atoms with Crippen molar-refractivity contribution in [3.8, 4) is 0 Å². The Morgan fingerprint density at radius 3 is 2.44 bits per heavy atom. The Hall–Kier alpha value is -1.15. The van der Waals surface area contributed by atoms with E-state index in [4.69, 9.17) is 5.73 Å². The zero-order valence-electron chi connectivity index (χ0n) is 16.3. The highest BCUT2D eigenvalue weighted by molar-refractivity contribution is 7.89. The quantitative estimate of drug-likeness (QED) is 0.605. The lowest BCUT2D eigenvalue weighted by molar-refractivity contribution is 0.0933. The summed E-state index contributed by atoms with van der Waals surface area (Å²) < 4.78 is 28.3. The van der Waals surface area contributed by atoms with Crippen LogP contribution < -0.4 is 15.8 Å². The van der Waals surface area contributed by atoms with Gasteiger partial charge in [-0.25, -0.2) is 13.1 Å². The van der Waals surface area contributed by atoms with E-state index in [1.54, 1.807) is 19.1 Å². The maximum absolute atomic E-state index is 12.7. The van der Waals surface area contributed by atoms with Crippen molar-refractivity contribution in [2.24, 2.45) is 11.7 Å². The van der Waals surface area contributed by atoms with Crippen LogP contribution in [-0.2, 0) is 10.0 Å². The molecule has 1 fully saturated rings. The Morgan fingerprint density at radius 1 is 1.26 bits per heavy atom. The molecule has 0 aliphatic heterocycles. The lowest BCUT2D eigenvalue weighted by Crippen LogP contribution is -2.41. The molecule has 1 aromatic rings. The Bertz CT molecular complexity index is 732. The number of nitrogens with two attached hydrogens (primary N) is 1. The van der Waals surface area contributed by atoms with Gasteiger partial charge < -0.3 is 11.1 Å². The van der Waals surface area contributed by atoms with Crippen molar-refractivity contribution in [3.63, 3.8) is 0 Å². The van der Waals surface area contributed by atoms with E-state index in [0.29, 0.717) is 23.6 Å². The minimum atomic E-state index is -3.64. The lowest BCUT2D eigenvalue weighted by Gasteiger charge is -2.19. The summed E-state index contributed by atoms with van der Waals surface area (Å²) >= 11 is 0. The number of rotatable bonds is 8. The van der Waals surface area contributed by atoms with Crippen molar-refractivity contribution < 1.29 is 13.2 Å². The van der Waals surface area contributed by atoms with E-state index in [0.717, 1.165) is 32.1 Å². The minimum Gasteiger partial charge on any atom is -0.348 e. The highest BCUT2D eigenvalue weighted by Gasteiger charge is 2.25. The first kappa shape index (κ1) is 23.9. The van der Waals surface area contributed by atoms with E-state index in [1.165, 1.54) is 6.07 Å². The fourth-order valence-electron chi connectivity index (χ4n) is 3.41. The summed E-state index contributed by atoms with van der Waals surface area (Å²) in [5.41, 5.74) is 6.71. The third-order valence-electron chi connectivity index (χ3n) is 4.79. The first-order chi connectivity index (χ1) is 12.2. The highest BCUT2D eigenvalue weighted by Crippen LogP contribution is 2.22. The molecule has 1 aliphatic carbocycles. The van der Waals surface area contributed by atoms with Crippen LogP contribution in [0, 0.1) is 12.8 Å². The molecule has 1 amide bonds. The Labute approximate surface area is 169 Å². The van der Waals surface area contributed by atoms with Gasteiger partial charge in [0, 0.05) is 24.2 Å². The Morgan fingerprint density at radius 2 is 1.89 bits per heavy atom. The SMILES string of the molecule is Cc1ccc(C(=O)NC(CN)CC(C)C)cc1S(=O)(=O)NC1CCCC1.Cl. The molecule has 0 bridgehead atoms.